The van der Waals surface area contributed by atoms with Crippen molar-refractivity contribution in [3.8, 4) is 6.07 Å². The number of aromatic nitrogens is 1. The molecule has 104 valence electrons. The van der Waals surface area contributed by atoms with Gasteiger partial charge in [0, 0.05) is 30.9 Å². The number of rotatable bonds is 4. The third-order valence-corrected chi connectivity index (χ3v) is 3.73. The van der Waals surface area contributed by atoms with Crippen molar-refractivity contribution < 1.29 is 4.39 Å². The normalized spacial score (nSPS) is 12.2. The summed E-state index contributed by atoms with van der Waals surface area (Å²) in [4.78, 5) is 0. The van der Waals surface area contributed by atoms with Gasteiger partial charge in [0.2, 0.25) is 0 Å². The quantitative estimate of drug-likeness (QED) is 0.927. The molecule has 0 saturated carbocycles. The fraction of sp³-hybridized carbons (Fsp3) is 0.312. The van der Waals surface area contributed by atoms with E-state index in [0.717, 1.165) is 11.3 Å². The lowest BCUT2D eigenvalue weighted by atomic mass is 10.1. The highest BCUT2D eigenvalue weighted by molar-refractivity contribution is 5.34. The van der Waals surface area contributed by atoms with Crippen LogP contribution in [0.25, 0.3) is 0 Å². The van der Waals surface area contributed by atoms with E-state index in [4.69, 9.17) is 5.26 Å². The lowest BCUT2D eigenvalue weighted by molar-refractivity contribution is 0.527. The van der Waals surface area contributed by atoms with Crippen LogP contribution in [0.3, 0.4) is 0 Å². The van der Waals surface area contributed by atoms with Crippen LogP contribution in [0.1, 0.15) is 35.5 Å². The van der Waals surface area contributed by atoms with Gasteiger partial charge in [0.05, 0.1) is 0 Å². The van der Waals surface area contributed by atoms with E-state index in [9.17, 15) is 4.39 Å². The van der Waals surface area contributed by atoms with Crippen molar-refractivity contribution >= 4 is 0 Å². The second-order valence-electron chi connectivity index (χ2n) is 4.94. The Morgan fingerprint density at radius 3 is 2.70 bits per heavy atom. The first kappa shape index (κ1) is 14.3. The predicted octanol–water partition coefficient (Wildman–Crippen LogP) is 3.20. The topological polar surface area (TPSA) is 40.8 Å². The molecule has 0 fully saturated rings. The Morgan fingerprint density at radius 1 is 1.40 bits per heavy atom. The molecule has 2 rings (SSSR count). The number of hydrogen-bond donors (Lipinski definition) is 1. The first-order chi connectivity index (χ1) is 9.54. The van der Waals surface area contributed by atoms with Crippen molar-refractivity contribution in [2.45, 2.75) is 26.4 Å². The van der Waals surface area contributed by atoms with E-state index in [0.29, 0.717) is 17.8 Å². The number of hydrogen-bond acceptors (Lipinski definition) is 2. The van der Waals surface area contributed by atoms with Gasteiger partial charge in [0.25, 0.3) is 0 Å². The van der Waals surface area contributed by atoms with Crippen molar-refractivity contribution in [2.75, 3.05) is 0 Å². The molecule has 0 saturated heterocycles. The van der Waals surface area contributed by atoms with Crippen molar-refractivity contribution in [1.29, 1.82) is 5.26 Å². The lowest BCUT2D eigenvalue weighted by Gasteiger charge is -2.15. The third kappa shape index (κ3) is 2.73. The molecule has 1 aromatic carbocycles. The maximum Gasteiger partial charge on any atom is 0.127 e. The van der Waals surface area contributed by atoms with E-state index in [-0.39, 0.29) is 11.9 Å². The van der Waals surface area contributed by atoms with Gasteiger partial charge in [-0.05, 0) is 31.5 Å². The van der Waals surface area contributed by atoms with Gasteiger partial charge in [-0.3, -0.25) is 0 Å². The van der Waals surface area contributed by atoms with Crippen LogP contribution in [0.15, 0.2) is 30.3 Å². The molecule has 0 amide bonds. The molecule has 0 radical (unpaired) electrons. The highest BCUT2D eigenvalue weighted by atomic mass is 19.1. The Labute approximate surface area is 118 Å². The number of nitriles is 1. The van der Waals surface area contributed by atoms with Gasteiger partial charge in [0.1, 0.15) is 17.6 Å². The van der Waals surface area contributed by atoms with E-state index in [2.05, 4.69) is 11.4 Å². The summed E-state index contributed by atoms with van der Waals surface area (Å²) in [5.74, 6) is -0.199. The first-order valence-corrected chi connectivity index (χ1v) is 6.57. The molecule has 1 atom stereocenters. The average molecular weight is 271 g/mol. The number of nitrogens with one attached hydrogen (secondary N) is 1. The second kappa shape index (κ2) is 5.89. The zero-order valence-corrected chi connectivity index (χ0v) is 11.9. The smallest absolute Gasteiger partial charge is 0.127 e. The van der Waals surface area contributed by atoms with E-state index in [1.165, 1.54) is 6.07 Å². The molecule has 1 N–H and O–H groups in total. The van der Waals surface area contributed by atoms with Crippen LogP contribution in [-0.4, -0.2) is 4.57 Å². The van der Waals surface area contributed by atoms with Crippen LogP contribution < -0.4 is 5.32 Å². The van der Waals surface area contributed by atoms with Crippen molar-refractivity contribution in [1.82, 2.24) is 9.88 Å². The van der Waals surface area contributed by atoms with Crippen molar-refractivity contribution in [3.05, 3.63) is 58.7 Å². The standard InChI is InChI=1S/C16H18FN3/c1-11(15-6-4-5-7-16(15)17)19-10-13-8-14(9-18)20(3)12(13)2/h4-8,11,19H,10H2,1-3H3. The van der Waals surface area contributed by atoms with Crippen molar-refractivity contribution in [2.24, 2.45) is 7.05 Å². The number of nitrogens with zero attached hydrogens (tertiary/aromatic N) is 2. The zero-order valence-electron chi connectivity index (χ0n) is 11.9. The molecular weight excluding hydrogens is 253 g/mol. The zero-order chi connectivity index (χ0) is 14.7. The molecule has 0 bridgehead atoms. The van der Waals surface area contributed by atoms with Crippen LogP contribution in [0.4, 0.5) is 4.39 Å². The maximum atomic E-state index is 13.7. The monoisotopic (exact) mass is 271 g/mol. The number of halogens is 1. The van der Waals surface area contributed by atoms with E-state index in [1.54, 1.807) is 12.1 Å². The molecule has 0 spiro atoms. The Bertz CT molecular complexity index is 652. The van der Waals surface area contributed by atoms with Crippen LogP contribution in [0.5, 0.6) is 0 Å². The van der Waals surface area contributed by atoms with Crippen molar-refractivity contribution in [3.63, 3.8) is 0 Å². The van der Waals surface area contributed by atoms with Gasteiger partial charge in [-0.15, -0.1) is 0 Å². The van der Waals surface area contributed by atoms with Crippen LogP contribution in [-0.2, 0) is 13.6 Å². The van der Waals surface area contributed by atoms with Gasteiger partial charge in [-0.1, -0.05) is 18.2 Å². The first-order valence-electron chi connectivity index (χ1n) is 6.57. The molecule has 0 aliphatic rings. The van der Waals surface area contributed by atoms with Gasteiger partial charge in [-0.2, -0.15) is 5.26 Å². The summed E-state index contributed by atoms with van der Waals surface area (Å²) in [7, 11) is 1.87. The predicted molar refractivity (Wildman–Crippen MR) is 76.5 cm³/mol. The molecule has 1 unspecified atom stereocenters. The summed E-state index contributed by atoms with van der Waals surface area (Å²) >= 11 is 0. The molecule has 1 heterocycles. The van der Waals surface area contributed by atoms with Gasteiger partial charge in [-0.25, -0.2) is 4.39 Å². The SMILES string of the molecule is Cc1c(CNC(C)c2ccccc2F)cc(C#N)n1C. The molecule has 0 aliphatic carbocycles. The minimum absolute atomic E-state index is 0.0821. The van der Waals surface area contributed by atoms with Crippen LogP contribution in [0.2, 0.25) is 0 Å². The van der Waals surface area contributed by atoms with E-state index < -0.39 is 0 Å². The molecule has 4 heteroatoms. The van der Waals surface area contributed by atoms with Crippen LogP contribution >= 0.6 is 0 Å². The summed E-state index contributed by atoms with van der Waals surface area (Å²) in [6.45, 7) is 4.52. The van der Waals surface area contributed by atoms with Crippen LogP contribution in [0, 0.1) is 24.1 Å². The van der Waals surface area contributed by atoms with Gasteiger partial charge in [0.15, 0.2) is 0 Å². The summed E-state index contributed by atoms with van der Waals surface area (Å²) in [6.07, 6.45) is 0. The van der Waals surface area contributed by atoms with Gasteiger partial charge < -0.3 is 9.88 Å². The largest absolute Gasteiger partial charge is 0.340 e. The fourth-order valence-corrected chi connectivity index (χ4v) is 2.25. The van der Waals surface area contributed by atoms with E-state index in [1.807, 2.05) is 37.6 Å². The molecule has 3 nitrogen and oxygen atoms in total. The maximum absolute atomic E-state index is 13.7. The summed E-state index contributed by atoms with van der Waals surface area (Å²) in [5, 5.41) is 12.3. The fourth-order valence-electron chi connectivity index (χ4n) is 2.25. The second-order valence-corrected chi connectivity index (χ2v) is 4.94. The summed E-state index contributed by atoms with van der Waals surface area (Å²) in [5.41, 5.74) is 3.40. The van der Waals surface area contributed by atoms with E-state index >= 15 is 0 Å². The molecule has 1 aromatic heterocycles. The Morgan fingerprint density at radius 2 is 2.10 bits per heavy atom. The molecule has 2 aromatic rings. The highest BCUT2D eigenvalue weighted by Gasteiger charge is 2.12. The Hall–Kier alpha value is -2.12. The molecule has 0 aliphatic heterocycles. The number of benzene rings is 1. The minimum atomic E-state index is -0.199. The molecule has 20 heavy (non-hydrogen) atoms. The molecular formula is C16H18FN3. The third-order valence-electron chi connectivity index (χ3n) is 3.73. The Kier molecular flexibility index (Phi) is 4.21. The minimum Gasteiger partial charge on any atom is -0.340 e. The Balaban J connectivity index is 2.10. The van der Waals surface area contributed by atoms with Gasteiger partial charge >= 0.3 is 0 Å². The summed E-state index contributed by atoms with van der Waals surface area (Å²) < 4.78 is 15.5. The summed E-state index contributed by atoms with van der Waals surface area (Å²) in [6, 6.07) is 10.7. The lowest BCUT2D eigenvalue weighted by Crippen LogP contribution is -2.19. The highest BCUT2D eigenvalue weighted by Crippen LogP contribution is 2.18. The average Bonchev–Trinajstić information content (AvgIpc) is 2.72.